The molecule has 0 bridgehead atoms. The van der Waals surface area contributed by atoms with Crippen LogP contribution < -0.4 is 0 Å². The summed E-state index contributed by atoms with van der Waals surface area (Å²) in [5.41, 5.74) is 7.81. The van der Waals surface area contributed by atoms with Crippen LogP contribution >= 0.6 is 0 Å². The molecule has 4 nitrogen and oxygen atoms in total. The Bertz CT molecular complexity index is 1970. The number of benzene rings is 5. The molecule has 0 N–H and O–H groups in total. The minimum absolute atomic E-state index is 0.191. The average molecular weight is 517 g/mol. The van der Waals surface area contributed by atoms with Crippen LogP contribution in [0.2, 0.25) is 0 Å². The smallest absolute Gasteiger partial charge is 0.163 e. The van der Waals surface area contributed by atoms with Crippen LogP contribution in [-0.2, 0) is 0 Å². The number of aromatic nitrogens is 4. The zero-order chi connectivity index (χ0) is 27.1. The van der Waals surface area contributed by atoms with Crippen LogP contribution in [0.4, 0.5) is 0 Å². The third-order valence-corrected chi connectivity index (χ3v) is 7.34. The van der Waals surface area contributed by atoms with Crippen LogP contribution in [0.3, 0.4) is 0 Å². The van der Waals surface area contributed by atoms with Crippen molar-refractivity contribution in [3.63, 3.8) is 0 Å². The average Bonchev–Trinajstić information content (AvgIpc) is 3.35. The van der Waals surface area contributed by atoms with E-state index in [1.54, 1.807) is 0 Å². The molecule has 0 spiro atoms. The van der Waals surface area contributed by atoms with Crippen molar-refractivity contribution in [2.24, 2.45) is 0 Å². The highest BCUT2D eigenvalue weighted by molar-refractivity contribution is 6.10. The minimum atomic E-state index is 0.191. The highest BCUT2D eigenvalue weighted by Crippen LogP contribution is 2.35. The summed E-state index contributed by atoms with van der Waals surface area (Å²) in [6, 6.07) is 44.6. The van der Waals surface area contributed by atoms with E-state index in [-0.39, 0.29) is 5.92 Å². The first-order valence-corrected chi connectivity index (χ1v) is 13.7. The highest BCUT2D eigenvalue weighted by atomic mass is 15.0. The van der Waals surface area contributed by atoms with Gasteiger partial charge in [0.15, 0.2) is 11.6 Å². The number of hydrogen-bond acceptors (Lipinski definition) is 3. The molecule has 0 aliphatic heterocycles. The summed E-state index contributed by atoms with van der Waals surface area (Å²) in [6.45, 7) is 4.23. The van der Waals surface area contributed by atoms with Crippen LogP contribution in [0.1, 0.15) is 25.6 Å². The van der Waals surface area contributed by atoms with Gasteiger partial charge in [-0.1, -0.05) is 105 Å². The van der Waals surface area contributed by atoms with Gasteiger partial charge in [-0.05, 0) is 47.5 Å². The Labute approximate surface area is 233 Å². The molecule has 0 amide bonds. The lowest BCUT2D eigenvalue weighted by molar-refractivity contribution is 0.766. The van der Waals surface area contributed by atoms with Crippen molar-refractivity contribution in [1.29, 1.82) is 0 Å². The summed E-state index contributed by atoms with van der Waals surface area (Å²) < 4.78 is 2.34. The van der Waals surface area contributed by atoms with Gasteiger partial charge in [0.25, 0.3) is 0 Å². The first-order valence-electron chi connectivity index (χ1n) is 13.7. The Morgan fingerprint density at radius 2 is 1.07 bits per heavy atom. The number of para-hydroxylation sites is 2. The second-order valence-corrected chi connectivity index (χ2v) is 10.4. The fourth-order valence-electron chi connectivity index (χ4n) is 5.34. The number of rotatable bonds is 5. The van der Waals surface area contributed by atoms with Gasteiger partial charge in [-0.15, -0.1) is 0 Å². The summed E-state index contributed by atoms with van der Waals surface area (Å²) in [5, 5.41) is 2.47. The third-order valence-electron chi connectivity index (χ3n) is 7.34. The van der Waals surface area contributed by atoms with Gasteiger partial charge in [-0.25, -0.2) is 15.0 Å². The molecule has 0 radical (unpaired) electrons. The Morgan fingerprint density at radius 1 is 0.475 bits per heavy atom. The molecule has 0 fully saturated rings. The van der Waals surface area contributed by atoms with Gasteiger partial charge in [0, 0.05) is 33.5 Å². The molecule has 0 unspecified atom stereocenters. The van der Waals surface area contributed by atoms with Gasteiger partial charge in [-0.3, -0.25) is 0 Å². The first-order chi connectivity index (χ1) is 19.7. The molecule has 5 aromatic carbocycles. The Balaban J connectivity index is 1.36. The van der Waals surface area contributed by atoms with Crippen LogP contribution in [0.25, 0.3) is 61.4 Å². The van der Waals surface area contributed by atoms with E-state index in [0.717, 1.165) is 33.8 Å². The van der Waals surface area contributed by atoms with E-state index >= 15 is 0 Å². The topological polar surface area (TPSA) is 43.6 Å². The van der Waals surface area contributed by atoms with Crippen molar-refractivity contribution in [1.82, 2.24) is 19.5 Å². The van der Waals surface area contributed by atoms with Gasteiger partial charge in [0.2, 0.25) is 0 Å². The van der Waals surface area contributed by atoms with Crippen molar-refractivity contribution in [3.05, 3.63) is 133 Å². The molecule has 0 saturated heterocycles. The van der Waals surface area contributed by atoms with E-state index in [1.165, 1.54) is 21.8 Å². The molecule has 4 heteroatoms. The Hall–Kier alpha value is -5.09. The standard InChI is InChI=1S/C36H28N4/c1-24(2)34-37-35(25-12-5-3-6-13-25)39-36(38-34)28-15-11-14-26(22-28)27-20-21-33-31(23-27)30-18-9-10-19-32(30)40(33)29-16-7-4-8-17-29/h3-24H,1-2H3. The summed E-state index contributed by atoms with van der Waals surface area (Å²) in [7, 11) is 0. The molecule has 7 rings (SSSR count). The molecule has 2 aromatic heterocycles. The molecular weight excluding hydrogens is 488 g/mol. The zero-order valence-corrected chi connectivity index (χ0v) is 22.5. The number of fused-ring (bicyclic) bond motifs is 3. The fraction of sp³-hybridized carbons (Fsp3) is 0.0833. The van der Waals surface area contributed by atoms with E-state index in [0.29, 0.717) is 11.6 Å². The van der Waals surface area contributed by atoms with E-state index in [2.05, 4.69) is 115 Å². The Kier molecular flexibility index (Phi) is 5.94. The summed E-state index contributed by atoms with van der Waals surface area (Å²) in [6.07, 6.45) is 0. The molecule has 2 heterocycles. The molecular formula is C36H28N4. The largest absolute Gasteiger partial charge is 0.309 e. The van der Waals surface area contributed by atoms with Crippen molar-refractivity contribution < 1.29 is 0 Å². The minimum Gasteiger partial charge on any atom is -0.309 e. The van der Waals surface area contributed by atoms with Crippen molar-refractivity contribution in [2.45, 2.75) is 19.8 Å². The van der Waals surface area contributed by atoms with Gasteiger partial charge in [0.05, 0.1) is 11.0 Å². The fourth-order valence-corrected chi connectivity index (χ4v) is 5.34. The van der Waals surface area contributed by atoms with Crippen molar-refractivity contribution in [2.75, 3.05) is 0 Å². The quantitative estimate of drug-likeness (QED) is 0.229. The van der Waals surface area contributed by atoms with Crippen LogP contribution in [-0.4, -0.2) is 19.5 Å². The monoisotopic (exact) mass is 516 g/mol. The van der Waals surface area contributed by atoms with E-state index in [9.17, 15) is 0 Å². The van der Waals surface area contributed by atoms with E-state index in [1.807, 2.05) is 30.3 Å². The summed E-state index contributed by atoms with van der Waals surface area (Å²) >= 11 is 0. The first kappa shape index (κ1) is 24.0. The van der Waals surface area contributed by atoms with E-state index in [4.69, 9.17) is 15.0 Å². The molecule has 40 heavy (non-hydrogen) atoms. The molecule has 0 atom stereocenters. The SMILES string of the molecule is CC(C)c1nc(-c2ccccc2)nc(-c2cccc(-c3ccc4c(c3)c3ccccc3n4-c3ccccc3)c2)n1. The second kappa shape index (κ2) is 9.90. The molecule has 7 aromatic rings. The van der Waals surface area contributed by atoms with E-state index < -0.39 is 0 Å². The van der Waals surface area contributed by atoms with Gasteiger partial charge < -0.3 is 4.57 Å². The third kappa shape index (κ3) is 4.24. The predicted octanol–water partition coefficient (Wildman–Crippen LogP) is 9.09. The number of hydrogen-bond donors (Lipinski definition) is 0. The van der Waals surface area contributed by atoms with Gasteiger partial charge in [0.1, 0.15) is 5.82 Å². The maximum atomic E-state index is 4.89. The normalized spacial score (nSPS) is 11.5. The van der Waals surface area contributed by atoms with Gasteiger partial charge in [-0.2, -0.15) is 0 Å². The van der Waals surface area contributed by atoms with Crippen LogP contribution in [0.15, 0.2) is 127 Å². The highest BCUT2D eigenvalue weighted by Gasteiger charge is 2.15. The zero-order valence-electron chi connectivity index (χ0n) is 22.5. The summed E-state index contributed by atoms with van der Waals surface area (Å²) in [4.78, 5) is 14.5. The van der Waals surface area contributed by atoms with Crippen LogP contribution in [0.5, 0.6) is 0 Å². The lowest BCUT2D eigenvalue weighted by Crippen LogP contribution is -2.04. The van der Waals surface area contributed by atoms with Gasteiger partial charge >= 0.3 is 0 Å². The number of nitrogens with zero attached hydrogens (tertiary/aromatic N) is 4. The second-order valence-electron chi connectivity index (χ2n) is 10.4. The van der Waals surface area contributed by atoms with Crippen LogP contribution in [0, 0.1) is 0 Å². The maximum Gasteiger partial charge on any atom is 0.163 e. The Morgan fingerprint density at radius 3 is 1.85 bits per heavy atom. The maximum absolute atomic E-state index is 4.89. The van der Waals surface area contributed by atoms with Crippen molar-refractivity contribution >= 4 is 21.8 Å². The predicted molar refractivity (Wildman–Crippen MR) is 165 cm³/mol. The lowest BCUT2D eigenvalue weighted by Gasteiger charge is -2.11. The summed E-state index contributed by atoms with van der Waals surface area (Å²) in [5.74, 6) is 2.39. The molecule has 0 aliphatic carbocycles. The van der Waals surface area contributed by atoms with Crippen molar-refractivity contribution in [3.8, 4) is 39.6 Å². The molecule has 0 saturated carbocycles. The molecule has 192 valence electrons. The lowest BCUT2D eigenvalue weighted by atomic mass is 10.0. The molecule has 0 aliphatic rings.